The first-order valence-electron chi connectivity index (χ1n) is 7.28. The molecule has 0 aromatic carbocycles. The molecule has 4 fully saturated rings. The topological polar surface area (TPSA) is 51.4 Å². The van der Waals surface area contributed by atoms with Crippen LogP contribution < -0.4 is 0 Å². The monoisotopic (exact) mass is 252 g/mol. The van der Waals surface area contributed by atoms with E-state index in [0.29, 0.717) is 36.8 Å². The van der Waals surface area contributed by atoms with E-state index in [9.17, 15) is 4.79 Å². The standard InChI is InChI=1S/C14H20O4/c15-14(6-8-1-3-10-12(5-8)17-10)16-9-2-4-11-13(7-9)18-11/h8-13H,1-7H2/t8-,9-,10+,11+,12-,13-/m1/s1. The van der Waals surface area contributed by atoms with Crippen molar-refractivity contribution in [2.24, 2.45) is 5.92 Å². The molecule has 4 nitrogen and oxygen atoms in total. The fraction of sp³-hybridized carbons (Fsp3) is 0.929. The zero-order chi connectivity index (χ0) is 12.1. The molecule has 0 N–H and O–H groups in total. The molecule has 4 heteroatoms. The lowest BCUT2D eigenvalue weighted by Crippen LogP contribution is -2.26. The van der Waals surface area contributed by atoms with Gasteiger partial charge < -0.3 is 14.2 Å². The van der Waals surface area contributed by atoms with Crippen LogP contribution in [0, 0.1) is 5.92 Å². The summed E-state index contributed by atoms with van der Waals surface area (Å²) < 4.78 is 16.5. The number of carbonyl (C=O) groups excluding carboxylic acids is 1. The number of hydrogen-bond donors (Lipinski definition) is 0. The van der Waals surface area contributed by atoms with Crippen LogP contribution in [0.25, 0.3) is 0 Å². The van der Waals surface area contributed by atoms with Crippen molar-refractivity contribution in [2.45, 2.75) is 75.5 Å². The molecule has 0 bridgehead atoms. The molecule has 0 aromatic rings. The highest BCUT2D eigenvalue weighted by Crippen LogP contribution is 2.41. The molecule has 0 aromatic heterocycles. The van der Waals surface area contributed by atoms with Crippen LogP contribution in [-0.4, -0.2) is 36.5 Å². The molecule has 0 radical (unpaired) electrons. The van der Waals surface area contributed by atoms with Gasteiger partial charge in [-0.15, -0.1) is 0 Å². The minimum absolute atomic E-state index is 0.0109. The summed E-state index contributed by atoms with van der Waals surface area (Å²) in [5.74, 6) is 0.470. The first kappa shape index (κ1) is 11.2. The molecule has 2 saturated heterocycles. The van der Waals surface area contributed by atoms with Crippen molar-refractivity contribution in [1.29, 1.82) is 0 Å². The molecule has 0 unspecified atom stereocenters. The largest absolute Gasteiger partial charge is 0.462 e. The van der Waals surface area contributed by atoms with E-state index >= 15 is 0 Å². The van der Waals surface area contributed by atoms with Crippen LogP contribution >= 0.6 is 0 Å². The summed E-state index contributed by atoms with van der Waals surface area (Å²) in [5.41, 5.74) is 0. The molecule has 100 valence electrons. The summed E-state index contributed by atoms with van der Waals surface area (Å²) in [4.78, 5) is 11.9. The second-order valence-electron chi connectivity index (χ2n) is 6.23. The third-order valence-electron chi connectivity index (χ3n) is 4.82. The fourth-order valence-electron chi connectivity index (χ4n) is 3.62. The lowest BCUT2D eigenvalue weighted by Gasteiger charge is -2.22. The predicted molar refractivity (Wildman–Crippen MR) is 63.0 cm³/mol. The highest BCUT2D eigenvalue weighted by molar-refractivity contribution is 5.70. The highest BCUT2D eigenvalue weighted by Gasteiger charge is 2.46. The molecule has 4 aliphatic rings. The summed E-state index contributed by atoms with van der Waals surface area (Å²) in [6.07, 6.45) is 8.76. The Morgan fingerprint density at radius 2 is 1.67 bits per heavy atom. The number of rotatable bonds is 3. The first-order chi connectivity index (χ1) is 8.78. The van der Waals surface area contributed by atoms with Gasteiger partial charge in [-0.05, 0) is 38.0 Å². The molecule has 18 heavy (non-hydrogen) atoms. The average molecular weight is 252 g/mol. The molecule has 0 spiro atoms. The van der Waals surface area contributed by atoms with Gasteiger partial charge in [0.2, 0.25) is 0 Å². The van der Waals surface area contributed by atoms with E-state index in [-0.39, 0.29) is 12.1 Å². The predicted octanol–water partition coefficient (Wildman–Crippen LogP) is 1.81. The maximum Gasteiger partial charge on any atom is 0.306 e. The van der Waals surface area contributed by atoms with Crippen molar-refractivity contribution in [3.05, 3.63) is 0 Å². The third-order valence-corrected chi connectivity index (χ3v) is 4.82. The van der Waals surface area contributed by atoms with Crippen molar-refractivity contribution >= 4 is 5.97 Å². The van der Waals surface area contributed by atoms with E-state index < -0.39 is 0 Å². The summed E-state index contributed by atoms with van der Waals surface area (Å²) in [5, 5.41) is 0. The Morgan fingerprint density at radius 3 is 2.39 bits per heavy atom. The number of carbonyl (C=O) groups is 1. The number of hydrogen-bond acceptors (Lipinski definition) is 4. The average Bonchev–Trinajstić information content (AvgIpc) is 3.22. The Kier molecular flexibility index (Phi) is 2.62. The zero-order valence-electron chi connectivity index (χ0n) is 10.5. The molecular formula is C14H20O4. The van der Waals surface area contributed by atoms with Gasteiger partial charge in [0.15, 0.2) is 0 Å². The maximum absolute atomic E-state index is 11.9. The van der Waals surface area contributed by atoms with Gasteiger partial charge in [-0.2, -0.15) is 0 Å². The molecule has 0 amide bonds. The Balaban J connectivity index is 1.23. The van der Waals surface area contributed by atoms with Crippen molar-refractivity contribution in [2.75, 3.05) is 0 Å². The highest BCUT2D eigenvalue weighted by atomic mass is 16.6. The van der Waals surface area contributed by atoms with Crippen LogP contribution in [0.3, 0.4) is 0 Å². The molecular weight excluding hydrogens is 232 g/mol. The van der Waals surface area contributed by atoms with Crippen molar-refractivity contribution in [3.63, 3.8) is 0 Å². The molecule has 2 aliphatic heterocycles. The van der Waals surface area contributed by atoms with Crippen LogP contribution in [0.15, 0.2) is 0 Å². The molecule has 2 aliphatic carbocycles. The minimum atomic E-state index is -0.0109. The maximum atomic E-state index is 11.9. The quantitative estimate of drug-likeness (QED) is 0.568. The molecule has 2 saturated carbocycles. The first-order valence-corrected chi connectivity index (χ1v) is 7.28. The fourth-order valence-corrected chi connectivity index (χ4v) is 3.62. The van der Waals surface area contributed by atoms with Crippen molar-refractivity contribution in [1.82, 2.24) is 0 Å². The number of epoxide rings is 2. The van der Waals surface area contributed by atoms with E-state index in [1.807, 2.05) is 0 Å². The van der Waals surface area contributed by atoms with Crippen LogP contribution in [-0.2, 0) is 19.0 Å². The Morgan fingerprint density at radius 1 is 0.944 bits per heavy atom. The zero-order valence-corrected chi connectivity index (χ0v) is 10.5. The van der Waals surface area contributed by atoms with Gasteiger partial charge in [0.1, 0.15) is 6.10 Å². The normalized spacial score (nSPS) is 48.9. The van der Waals surface area contributed by atoms with Crippen LogP contribution in [0.4, 0.5) is 0 Å². The molecule has 6 atom stereocenters. The molecule has 4 rings (SSSR count). The summed E-state index contributed by atoms with van der Waals surface area (Å²) >= 11 is 0. The Hall–Kier alpha value is -0.610. The Labute approximate surface area is 107 Å². The van der Waals surface area contributed by atoms with Gasteiger partial charge in [-0.25, -0.2) is 0 Å². The second kappa shape index (κ2) is 4.20. The van der Waals surface area contributed by atoms with Crippen LogP contribution in [0.2, 0.25) is 0 Å². The summed E-state index contributed by atoms with van der Waals surface area (Å²) in [6, 6.07) is 0. The van der Waals surface area contributed by atoms with Crippen LogP contribution in [0.5, 0.6) is 0 Å². The SMILES string of the molecule is O=C(C[C@@H]1CC[C@@H]2O[C@@H]2C1)O[C@@H]1CC[C@@H]2O[C@@H]2C1. The van der Waals surface area contributed by atoms with E-state index in [0.717, 1.165) is 38.5 Å². The summed E-state index contributed by atoms with van der Waals surface area (Å²) in [7, 11) is 0. The third kappa shape index (κ3) is 2.28. The lowest BCUT2D eigenvalue weighted by atomic mass is 9.87. The number of fused-ring (bicyclic) bond motifs is 2. The Bertz CT molecular complexity index is 324. The summed E-state index contributed by atoms with van der Waals surface area (Å²) in [6.45, 7) is 0. The lowest BCUT2D eigenvalue weighted by molar-refractivity contribution is -0.151. The van der Waals surface area contributed by atoms with Crippen molar-refractivity contribution in [3.8, 4) is 0 Å². The van der Waals surface area contributed by atoms with Gasteiger partial charge in [0.25, 0.3) is 0 Å². The number of ether oxygens (including phenoxy) is 3. The second-order valence-corrected chi connectivity index (χ2v) is 6.23. The smallest absolute Gasteiger partial charge is 0.306 e. The van der Waals surface area contributed by atoms with E-state index in [2.05, 4.69) is 0 Å². The van der Waals surface area contributed by atoms with Crippen molar-refractivity contribution < 1.29 is 19.0 Å². The van der Waals surface area contributed by atoms with Crippen LogP contribution in [0.1, 0.15) is 44.9 Å². The van der Waals surface area contributed by atoms with Gasteiger partial charge in [-0.1, -0.05) is 0 Å². The molecule has 2 heterocycles. The van der Waals surface area contributed by atoms with Gasteiger partial charge >= 0.3 is 5.97 Å². The van der Waals surface area contributed by atoms with Gasteiger partial charge in [0, 0.05) is 12.8 Å². The van der Waals surface area contributed by atoms with Gasteiger partial charge in [0.05, 0.1) is 24.4 Å². The minimum Gasteiger partial charge on any atom is -0.462 e. The van der Waals surface area contributed by atoms with E-state index in [1.165, 1.54) is 0 Å². The van der Waals surface area contributed by atoms with Gasteiger partial charge in [-0.3, -0.25) is 4.79 Å². The van der Waals surface area contributed by atoms with E-state index in [1.54, 1.807) is 0 Å². The van der Waals surface area contributed by atoms with E-state index in [4.69, 9.17) is 14.2 Å². The number of esters is 1.